The molecule has 1 saturated heterocycles. The van der Waals surface area contributed by atoms with E-state index < -0.39 is 5.54 Å². The van der Waals surface area contributed by atoms with Gasteiger partial charge in [0.1, 0.15) is 0 Å². The number of ether oxygens (including phenoxy) is 1. The summed E-state index contributed by atoms with van der Waals surface area (Å²) in [6, 6.07) is 0.507. The summed E-state index contributed by atoms with van der Waals surface area (Å²) in [4.78, 5) is 14.2. The Morgan fingerprint density at radius 1 is 1.43 bits per heavy atom. The van der Waals surface area contributed by atoms with Crippen molar-refractivity contribution in [1.29, 1.82) is 0 Å². The molecule has 2 rings (SSSR count). The number of carbonyl (C=O) groups excluding carboxylic acids is 1. The zero-order chi connectivity index (χ0) is 15.3. The summed E-state index contributed by atoms with van der Waals surface area (Å²) in [6.07, 6.45) is 6.82. The Morgan fingerprint density at radius 2 is 2.19 bits per heavy atom. The van der Waals surface area contributed by atoms with Crippen LogP contribution in [0.4, 0.5) is 0 Å². The number of morpholine rings is 1. The van der Waals surface area contributed by atoms with Crippen molar-refractivity contribution in [3.05, 3.63) is 0 Å². The van der Waals surface area contributed by atoms with Crippen LogP contribution in [-0.4, -0.2) is 54.7 Å². The summed E-state index contributed by atoms with van der Waals surface area (Å²) in [5, 5.41) is 3.41. The number of nitrogens with two attached hydrogens (primary N) is 1. The van der Waals surface area contributed by atoms with Crippen molar-refractivity contribution in [2.75, 3.05) is 26.2 Å². The van der Waals surface area contributed by atoms with E-state index in [1.54, 1.807) is 0 Å². The van der Waals surface area contributed by atoms with Gasteiger partial charge < -0.3 is 15.8 Å². The first-order chi connectivity index (χ1) is 10.0. The molecule has 1 heterocycles. The summed E-state index contributed by atoms with van der Waals surface area (Å²) >= 11 is 0. The minimum Gasteiger partial charge on any atom is -0.376 e. The van der Waals surface area contributed by atoms with E-state index in [9.17, 15) is 4.79 Å². The minimum absolute atomic E-state index is 0.216. The van der Waals surface area contributed by atoms with E-state index >= 15 is 0 Å². The second kappa shape index (κ2) is 7.56. The largest absolute Gasteiger partial charge is 0.376 e. The molecule has 2 fully saturated rings. The third kappa shape index (κ3) is 5.24. The van der Waals surface area contributed by atoms with Gasteiger partial charge >= 0.3 is 0 Å². The van der Waals surface area contributed by atoms with Gasteiger partial charge in [0.2, 0.25) is 5.91 Å². The highest BCUT2D eigenvalue weighted by atomic mass is 16.5. The number of rotatable bonds is 9. The molecule has 21 heavy (non-hydrogen) atoms. The summed E-state index contributed by atoms with van der Waals surface area (Å²) < 4.78 is 5.69. The molecule has 1 saturated carbocycles. The van der Waals surface area contributed by atoms with Gasteiger partial charge in [0.05, 0.1) is 18.2 Å². The first-order valence-corrected chi connectivity index (χ1v) is 8.45. The van der Waals surface area contributed by atoms with Gasteiger partial charge in [-0.15, -0.1) is 0 Å². The first-order valence-electron chi connectivity index (χ1n) is 8.45. The lowest BCUT2D eigenvalue weighted by molar-refractivity contribution is -0.124. The molecule has 2 unspecified atom stereocenters. The van der Waals surface area contributed by atoms with Crippen LogP contribution in [0.2, 0.25) is 0 Å². The van der Waals surface area contributed by atoms with Crippen LogP contribution in [0, 0.1) is 0 Å². The van der Waals surface area contributed by atoms with E-state index in [-0.39, 0.29) is 5.91 Å². The van der Waals surface area contributed by atoms with E-state index in [0.29, 0.717) is 12.1 Å². The molecular weight excluding hydrogens is 266 g/mol. The van der Waals surface area contributed by atoms with Crippen molar-refractivity contribution in [2.24, 2.45) is 5.73 Å². The van der Waals surface area contributed by atoms with Gasteiger partial charge in [0, 0.05) is 19.1 Å². The van der Waals surface area contributed by atoms with E-state index in [2.05, 4.69) is 17.1 Å². The Labute approximate surface area is 128 Å². The van der Waals surface area contributed by atoms with Gasteiger partial charge in [-0.3, -0.25) is 9.69 Å². The maximum atomic E-state index is 11.7. The number of carbonyl (C=O) groups is 1. The molecule has 5 nitrogen and oxygen atoms in total. The van der Waals surface area contributed by atoms with Crippen molar-refractivity contribution in [3.63, 3.8) is 0 Å². The van der Waals surface area contributed by atoms with Crippen molar-refractivity contribution >= 4 is 5.91 Å². The SMILES string of the molecule is CCC1CN(CCCCC(C)(NC2CC2)C(N)=O)CCO1. The van der Waals surface area contributed by atoms with Crippen molar-refractivity contribution in [1.82, 2.24) is 10.2 Å². The minimum atomic E-state index is -0.530. The van der Waals surface area contributed by atoms with Crippen LogP contribution in [-0.2, 0) is 9.53 Å². The zero-order valence-corrected chi connectivity index (χ0v) is 13.6. The number of amides is 1. The molecule has 0 aromatic heterocycles. The Morgan fingerprint density at radius 3 is 2.81 bits per heavy atom. The highest BCUT2D eigenvalue weighted by Gasteiger charge is 2.36. The molecular formula is C16H31N3O2. The Hall–Kier alpha value is -0.650. The third-order valence-electron chi connectivity index (χ3n) is 4.72. The van der Waals surface area contributed by atoms with E-state index in [1.807, 2.05) is 6.92 Å². The lowest BCUT2D eigenvalue weighted by Crippen LogP contribution is -2.54. The summed E-state index contributed by atoms with van der Waals surface area (Å²) in [6.45, 7) is 8.15. The second-order valence-electron chi connectivity index (χ2n) is 6.77. The monoisotopic (exact) mass is 297 g/mol. The average molecular weight is 297 g/mol. The predicted molar refractivity (Wildman–Crippen MR) is 84.1 cm³/mol. The lowest BCUT2D eigenvalue weighted by Gasteiger charge is -2.33. The van der Waals surface area contributed by atoms with Crippen LogP contribution >= 0.6 is 0 Å². The van der Waals surface area contributed by atoms with Crippen molar-refractivity contribution < 1.29 is 9.53 Å². The molecule has 0 aromatic carbocycles. The van der Waals surface area contributed by atoms with Crippen LogP contribution in [0.1, 0.15) is 52.4 Å². The molecule has 1 aliphatic carbocycles. The highest BCUT2D eigenvalue weighted by Crippen LogP contribution is 2.25. The summed E-state index contributed by atoms with van der Waals surface area (Å²) in [7, 11) is 0. The molecule has 1 amide bonds. The zero-order valence-electron chi connectivity index (χ0n) is 13.6. The fraction of sp³-hybridized carbons (Fsp3) is 0.938. The maximum absolute atomic E-state index is 11.7. The first kappa shape index (κ1) is 16.7. The molecule has 0 spiro atoms. The van der Waals surface area contributed by atoms with Crippen LogP contribution < -0.4 is 11.1 Å². The number of hydrogen-bond donors (Lipinski definition) is 2. The van der Waals surface area contributed by atoms with Gasteiger partial charge in [-0.25, -0.2) is 0 Å². The fourth-order valence-corrected chi connectivity index (χ4v) is 2.99. The van der Waals surface area contributed by atoms with Crippen molar-refractivity contribution in [2.45, 2.75) is 70.1 Å². The van der Waals surface area contributed by atoms with E-state index in [0.717, 1.165) is 51.9 Å². The Bertz CT molecular complexity index is 346. The molecule has 3 N–H and O–H groups in total. The smallest absolute Gasteiger partial charge is 0.237 e. The molecule has 5 heteroatoms. The number of unbranched alkanes of at least 4 members (excludes halogenated alkanes) is 1. The summed E-state index contributed by atoms with van der Waals surface area (Å²) in [5.74, 6) is -0.216. The van der Waals surface area contributed by atoms with E-state index in [4.69, 9.17) is 10.5 Å². The van der Waals surface area contributed by atoms with Gasteiger partial charge in [-0.1, -0.05) is 6.92 Å². The van der Waals surface area contributed by atoms with E-state index in [1.165, 1.54) is 12.8 Å². The third-order valence-corrected chi connectivity index (χ3v) is 4.72. The normalized spacial score (nSPS) is 26.5. The molecule has 0 aromatic rings. The Kier molecular flexibility index (Phi) is 6.02. The van der Waals surface area contributed by atoms with Gasteiger partial charge in [0.25, 0.3) is 0 Å². The molecule has 2 atom stereocenters. The number of hydrogen-bond acceptors (Lipinski definition) is 4. The molecule has 0 bridgehead atoms. The van der Waals surface area contributed by atoms with Gasteiger partial charge in [-0.05, 0) is 52.0 Å². The molecule has 1 aliphatic heterocycles. The van der Waals surface area contributed by atoms with Crippen LogP contribution in [0.3, 0.4) is 0 Å². The van der Waals surface area contributed by atoms with Gasteiger partial charge in [0.15, 0.2) is 0 Å². The predicted octanol–water partition coefficient (Wildman–Crippen LogP) is 1.26. The number of nitrogens with one attached hydrogen (secondary N) is 1. The highest BCUT2D eigenvalue weighted by molar-refractivity contribution is 5.84. The van der Waals surface area contributed by atoms with Crippen molar-refractivity contribution in [3.8, 4) is 0 Å². The summed E-state index contributed by atoms with van der Waals surface area (Å²) in [5.41, 5.74) is 5.05. The number of nitrogens with zero attached hydrogens (tertiary/aromatic N) is 1. The Balaban J connectivity index is 1.66. The fourth-order valence-electron chi connectivity index (χ4n) is 2.99. The average Bonchev–Trinajstić information content (AvgIpc) is 3.27. The lowest BCUT2D eigenvalue weighted by atomic mass is 9.93. The van der Waals surface area contributed by atoms with Crippen LogP contribution in [0.5, 0.6) is 0 Å². The second-order valence-corrected chi connectivity index (χ2v) is 6.77. The van der Waals surface area contributed by atoms with Crippen LogP contribution in [0.15, 0.2) is 0 Å². The topological polar surface area (TPSA) is 67.6 Å². The molecule has 0 radical (unpaired) electrons. The molecule has 122 valence electrons. The number of primary amides is 1. The quantitative estimate of drug-likeness (QED) is 0.629. The standard InChI is InChI=1S/C16H31N3O2/c1-3-14-12-19(10-11-21-14)9-5-4-8-16(2,15(17)20)18-13-6-7-13/h13-14,18H,3-12H2,1-2H3,(H2,17,20). The van der Waals surface area contributed by atoms with Gasteiger partial charge in [-0.2, -0.15) is 0 Å². The maximum Gasteiger partial charge on any atom is 0.237 e. The molecule has 2 aliphatic rings. The van der Waals surface area contributed by atoms with Crippen LogP contribution in [0.25, 0.3) is 0 Å².